The summed E-state index contributed by atoms with van der Waals surface area (Å²) in [5.74, 6) is 0. The lowest BCUT2D eigenvalue weighted by molar-refractivity contribution is 0.0558. The Labute approximate surface area is 126 Å². The minimum atomic E-state index is 0.585. The number of benzene rings is 1. The monoisotopic (exact) mass is 284 g/mol. The predicted octanol–water partition coefficient (Wildman–Crippen LogP) is 2.34. The number of rotatable bonds is 2. The van der Waals surface area contributed by atoms with E-state index in [1.807, 2.05) is 18.3 Å². The van der Waals surface area contributed by atoms with E-state index in [4.69, 9.17) is 5.73 Å². The number of nitrogen functional groups attached to an aromatic ring is 1. The maximum absolute atomic E-state index is 6.06. The minimum Gasteiger partial charge on any atom is -0.398 e. The van der Waals surface area contributed by atoms with Crippen molar-refractivity contribution in [2.75, 3.05) is 25.9 Å². The van der Waals surface area contributed by atoms with Gasteiger partial charge in [0.2, 0.25) is 0 Å². The summed E-state index contributed by atoms with van der Waals surface area (Å²) >= 11 is 0. The van der Waals surface area contributed by atoms with Crippen LogP contribution in [0.3, 0.4) is 0 Å². The second-order valence-electron chi connectivity index (χ2n) is 6.27. The van der Waals surface area contributed by atoms with Crippen molar-refractivity contribution < 1.29 is 0 Å². The van der Waals surface area contributed by atoms with Gasteiger partial charge < -0.3 is 5.73 Å². The molecule has 21 heavy (non-hydrogen) atoms. The fraction of sp³-hybridized carbons (Fsp3) is 0.471. The zero-order valence-corrected chi connectivity index (χ0v) is 13.1. The Balaban J connectivity index is 1.87. The number of hydrogen-bond acceptors (Lipinski definition) is 4. The highest BCUT2D eigenvalue weighted by Gasteiger charge is 2.26. The number of aromatic nitrogens is 1. The van der Waals surface area contributed by atoms with E-state index < -0.39 is 0 Å². The van der Waals surface area contributed by atoms with E-state index in [1.54, 1.807) is 0 Å². The molecule has 1 aromatic heterocycles. The summed E-state index contributed by atoms with van der Waals surface area (Å²) in [6.07, 6.45) is 1.85. The highest BCUT2D eigenvalue weighted by molar-refractivity contribution is 5.92. The predicted molar refractivity (Wildman–Crippen MR) is 88.1 cm³/mol. The molecular formula is C17H24N4. The molecule has 0 amide bonds. The first-order valence-electron chi connectivity index (χ1n) is 7.62. The van der Waals surface area contributed by atoms with Gasteiger partial charge in [-0.05, 0) is 44.7 Å². The maximum atomic E-state index is 6.06. The summed E-state index contributed by atoms with van der Waals surface area (Å²) in [6.45, 7) is 7.72. The average molecular weight is 284 g/mol. The molecule has 2 unspecified atom stereocenters. The van der Waals surface area contributed by atoms with Gasteiger partial charge in [0.05, 0.1) is 5.52 Å². The van der Waals surface area contributed by atoms with Crippen LogP contribution in [0.2, 0.25) is 0 Å². The van der Waals surface area contributed by atoms with Gasteiger partial charge in [0, 0.05) is 49.0 Å². The van der Waals surface area contributed by atoms with Crippen molar-refractivity contribution >= 4 is 16.6 Å². The zero-order chi connectivity index (χ0) is 15.0. The van der Waals surface area contributed by atoms with Gasteiger partial charge in [-0.2, -0.15) is 0 Å². The van der Waals surface area contributed by atoms with Crippen LogP contribution >= 0.6 is 0 Å². The Morgan fingerprint density at radius 1 is 1.19 bits per heavy atom. The number of hydrogen-bond donors (Lipinski definition) is 1. The lowest BCUT2D eigenvalue weighted by atomic mass is 10.0. The quantitative estimate of drug-likeness (QED) is 0.860. The van der Waals surface area contributed by atoms with Crippen LogP contribution in [0.15, 0.2) is 30.5 Å². The van der Waals surface area contributed by atoms with Gasteiger partial charge in [-0.15, -0.1) is 0 Å². The van der Waals surface area contributed by atoms with E-state index >= 15 is 0 Å². The molecule has 2 atom stereocenters. The normalized spacial score (nSPS) is 24.5. The molecule has 2 aromatic rings. The third-order valence-corrected chi connectivity index (χ3v) is 4.72. The second kappa shape index (κ2) is 5.62. The molecule has 0 aliphatic carbocycles. The lowest BCUT2D eigenvalue weighted by Gasteiger charge is -2.42. The second-order valence-corrected chi connectivity index (χ2v) is 6.27. The standard InChI is InChI=1S/C17H24N4/c1-12-9-21(10-13(2)20(12)3)11-14-6-7-16(18)15-5-4-8-19-17(14)15/h4-8,12-13H,9-11,18H2,1-3H3. The van der Waals surface area contributed by atoms with Crippen LogP contribution in [0.5, 0.6) is 0 Å². The van der Waals surface area contributed by atoms with Crippen LogP contribution in [-0.4, -0.2) is 47.0 Å². The summed E-state index contributed by atoms with van der Waals surface area (Å²) in [6, 6.07) is 9.29. The van der Waals surface area contributed by atoms with Crippen molar-refractivity contribution in [1.82, 2.24) is 14.8 Å². The fourth-order valence-corrected chi connectivity index (χ4v) is 3.26. The molecule has 0 spiro atoms. The van der Waals surface area contributed by atoms with Gasteiger partial charge in [-0.1, -0.05) is 6.07 Å². The van der Waals surface area contributed by atoms with Crippen molar-refractivity contribution in [3.63, 3.8) is 0 Å². The van der Waals surface area contributed by atoms with Gasteiger partial charge in [0.15, 0.2) is 0 Å². The third kappa shape index (κ3) is 2.74. The van der Waals surface area contributed by atoms with Crippen molar-refractivity contribution in [2.45, 2.75) is 32.5 Å². The molecule has 1 aliphatic heterocycles. The van der Waals surface area contributed by atoms with E-state index in [2.05, 4.69) is 47.8 Å². The molecule has 112 valence electrons. The van der Waals surface area contributed by atoms with Crippen LogP contribution in [0.1, 0.15) is 19.4 Å². The van der Waals surface area contributed by atoms with E-state index in [0.717, 1.165) is 36.2 Å². The molecule has 0 bridgehead atoms. The largest absolute Gasteiger partial charge is 0.398 e. The highest BCUT2D eigenvalue weighted by atomic mass is 15.3. The molecule has 4 heteroatoms. The van der Waals surface area contributed by atoms with Gasteiger partial charge in [-0.3, -0.25) is 14.8 Å². The minimum absolute atomic E-state index is 0.585. The third-order valence-electron chi connectivity index (χ3n) is 4.72. The molecule has 2 heterocycles. The SMILES string of the molecule is CC1CN(Cc2ccc(N)c3cccnc23)CC(C)N1C. The maximum Gasteiger partial charge on any atom is 0.0767 e. The number of fused-ring (bicyclic) bond motifs is 1. The van der Waals surface area contributed by atoms with Crippen LogP contribution in [0.25, 0.3) is 10.9 Å². The van der Waals surface area contributed by atoms with Crippen LogP contribution in [-0.2, 0) is 6.54 Å². The molecular weight excluding hydrogens is 260 g/mol. The van der Waals surface area contributed by atoms with Crippen molar-refractivity contribution in [2.24, 2.45) is 0 Å². The van der Waals surface area contributed by atoms with Crippen molar-refractivity contribution in [3.8, 4) is 0 Å². The topological polar surface area (TPSA) is 45.4 Å². The molecule has 0 saturated carbocycles. The van der Waals surface area contributed by atoms with Crippen LogP contribution in [0, 0.1) is 0 Å². The van der Waals surface area contributed by atoms with Crippen LogP contribution in [0.4, 0.5) is 5.69 Å². The molecule has 1 saturated heterocycles. The summed E-state index contributed by atoms with van der Waals surface area (Å²) in [5, 5.41) is 1.06. The fourth-order valence-electron chi connectivity index (χ4n) is 3.26. The molecule has 4 nitrogen and oxygen atoms in total. The van der Waals surface area contributed by atoms with Crippen LogP contribution < -0.4 is 5.73 Å². The smallest absolute Gasteiger partial charge is 0.0767 e. The Morgan fingerprint density at radius 3 is 2.62 bits per heavy atom. The number of piperazine rings is 1. The molecule has 1 fully saturated rings. The number of anilines is 1. The Morgan fingerprint density at radius 2 is 1.90 bits per heavy atom. The molecule has 0 radical (unpaired) electrons. The number of nitrogens with two attached hydrogens (primary N) is 1. The van der Waals surface area contributed by atoms with E-state index in [1.165, 1.54) is 5.56 Å². The first kappa shape index (κ1) is 14.3. The van der Waals surface area contributed by atoms with Gasteiger partial charge in [-0.25, -0.2) is 0 Å². The van der Waals surface area contributed by atoms with Crippen molar-refractivity contribution in [1.29, 1.82) is 0 Å². The lowest BCUT2D eigenvalue weighted by Crippen LogP contribution is -2.54. The van der Waals surface area contributed by atoms with Gasteiger partial charge in [0.1, 0.15) is 0 Å². The van der Waals surface area contributed by atoms with E-state index in [9.17, 15) is 0 Å². The van der Waals surface area contributed by atoms with Gasteiger partial charge >= 0.3 is 0 Å². The Kier molecular flexibility index (Phi) is 3.83. The van der Waals surface area contributed by atoms with E-state index in [0.29, 0.717) is 12.1 Å². The first-order valence-corrected chi connectivity index (χ1v) is 7.62. The summed E-state index contributed by atoms with van der Waals surface area (Å²) in [4.78, 5) is 9.52. The summed E-state index contributed by atoms with van der Waals surface area (Å²) < 4.78 is 0. The van der Waals surface area contributed by atoms with Crippen molar-refractivity contribution in [3.05, 3.63) is 36.0 Å². The first-order chi connectivity index (χ1) is 10.1. The Bertz CT molecular complexity index is 628. The van der Waals surface area contributed by atoms with E-state index in [-0.39, 0.29) is 0 Å². The summed E-state index contributed by atoms with van der Waals surface area (Å²) in [7, 11) is 2.22. The average Bonchev–Trinajstić information content (AvgIpc) is 2.48. The Hall–Kier alpha value is -1.65. The molecule has 1 aliphatic rings. The highest BCUT2D eigenvalue weighted by Crippen LogP contribution is 2.25. The number of pyridine rings is 1. The summed E-state index contributed by atoms with van der Waals surface area (Å²) in [5.41, 5.74) is 9.17. The molecule has 1 aromatic carbocycles. The number of nitrogens with zero attached hydrogens (tertiary/aromatic N) is 3. The molecule has 3 rings (SSSR count). The number of likely N-dealkylation sites (N-methyl/N-ethyl adjacent to an activating group) is 1. The van der Waals surface area contributed by atoms with Gasteiger partial charge in [0.25, 0.3) is 0 Å². The molecule has 2 N–H and O–H groups in total. The zero-order valence-electron chi connectivity index (χ0n) is 13.1.